The van der Waals surface area contributed by atoms with Crippen LogP contribution in [0.15, 0.2) is 82.2 Å². The number of hydrogen-bond acceptors (Lipinski definition) is 3. The maximum Gasteiger partial charge on any atom is 0.261 e. The molecule has 4 aromatic rings. The number of nitrogens with one attached hydrogen (secondary N) is 1. The van der Waals surface area contributed by atoms with Gasteiger partial charge in [-0.3, -0.25) is 4.72 Å². The minimum absolute atomic E-state index is 0.210. The van der Waals surface area contributed by atoms with Crippen LogP contribution in [0.1, 0.15) is 11.4 Å². The van der Waals surface area contributed by atoms with E-state index in [2.05, 4.69) is 42.3 Å². The molecule has 0 aliphatic rings. The highest BCUT2D eigenvalue weighted by atomic mass is 79.9. The summed E-state index contributed by atoms with van der Waals surface area (Å²) in [6.07, 6.45) is 0. The summed E-state index contributed by atoms with van der Waals surface area (Å²) in [5.41, 5.74) is 3.39. The van der Waals surface area contributed by atoms with Crippen molar-refractivity contribution in [3.05, 3.63) is 88.7 Å². The Labute approximate surface area is 172 Å². The first-order valence-corrected chi connectivity index (χ1v) is 11.0. The lowest BCUT2D eigenvalue weighted by atomic mass is 10.2. The van der Waals surface area contributed by atoms with Crippen molar-refractivity contribution in [2.45, 2.75) is 18.4 Å². The van der Waals surface area contributed by atoms with Gasteiger partial charge in [-0.1, -0.05) is 46.3 Å². The predicted octanol–water partition coefficient (Wildman–Crippen LogP) is 4.96. The molecule has 0 atom stereocenters. The molecule has 0 aliphatic heterocycles. The van der Waals surface area contributed by atoms with Gasteiger partial charge in [0.05, 0.1) is 21.6 Å². The zero-order chi connectivity index (χ0) is 19.7. The lowest BCUT2D eigenvalue weighted by Crippen LogP contribution is -2.12. The Morgan fingerprint density at radius 1 is 1.00 bits per heavy atom. The molecule has 0 bridgehead atoms. The molecule has 0 spiro atoms. The average Bonchev–Trinajstić information content (AvgIpc) is 2.97. The Balaban J connectivity index is 1.64. The summed E-state index contributed by atoms with van der Waals surface area (Å²) in [6, 6.07) is 22.1. The molecule has 142 valence electrons. The third-order valence-electron chi connectivity index (χ3n) is 4.50. The number of halogens is 1. The smallest absolute Gasteiger partial charge is 0.261 e. The molecule has 0 fully saturated rings. The minimum Gasteiger partial charge on any atom is -0.324 e. The van der Waals surface area contributed by atoms with E-state index < -0.39 is 10.0 Å². The SMILES string of the molecule is Cc1nc2cc(NS(=O)(=O)c3ccc(Br)cc3)ccc2n1Cc1ccccc1. The largest absolute Gasteiger partial charge is 0.324 e. The minimum atomic E-state index is -3.66. The van der Waals surface area contributed by atoms with Gasteiger partial charge in [0.15, 0.2) is 0 Å². The van der Waals surface area contributed by atoms with Crippen LogP contribution in [0.5, 0.6) is 0 Å². The van der Waals surface area contributed by atoms with Gasteiger partial charge in [0.25, 0.3) is 10.0 Å². The van der Waals surface area contributed by atoms with E-state index >= 15 is 0 Å². The second-order valence-electron chi connectivity index (χ2n) is 6.49. The molecule has 1 aromatic heterocycles. The van der Waals surface area contributed by atoms with Crippen molar-refractivity contribution in [3.63, 3.8) is 0 Å². The van der Waals surface area contributed by atoms with Crippen molar-refractivity contribution in [1.82, 2.24) is 9.55 Å². The Hall–Kier alpha value is -2.64. The highest BCUT2D eigenvalue weighted by molar-refractivity contribution is 9.10. The first-order chi connectivity index (χ1) is 13.4. The second kappa shape index (κ2) is 7.41. The van der Waals surface area contributed by atoms with Gasteiger partial charge in [0.1, 0.15) is 5.82 Å². The zero-order valence-corrected chi connectivity index (χ0v) is 17.5. The molecule has 0 saturated carbocycles. The maximum absolute atomic E-state index is 12.6. The predicted molar refractivity (Wildman–Crippen MR) is 115 cm³/mol. The van der Waals surface area contributed by atoms with Crippen LogP contribution in [0, 0.1) is 6.92 Å². The summed E-state index contributed by atoms with van der Waals surface area (Å²) in [7, 11) is -3.66. The first kappa shape index (κ1) is 18.7. The molecule has 0 radical (unpaired) electrons. The van der Waals surface area contributed by atoms with Crippen LogP contribution in [0.2, 0.25) is 0 Å². The monoisotopic (exact) mass is 455 g/mol. The highest BCUT2D eigenvalue weighted by Crippen LogP contribution is 2.24. The number of sulfonamides is 1. The van der Waals surface area contributed by atoms with Gasteiger partial charge in [-0.2, -0.15) is 0 Å². The summed E-state index contributed by atoms with van der Waals surface area (Å²) in [5.74, 6) is 0.881. The number of anilines is 1. The highest BCUT2D eigenvalue weighted by Gasteiger charge is 2.15. The van der Waals surface area contributed by atoms with Crippen LogP contribution >= 0.6 is 15.9 Å². The quantitative estimate of drug-likeness (QED) is 0.462. The van der Waals surface area contributed by atoms with E-state index in [1.807, 2.05) is 31.2 Å². The van der Waals surface area contributed by atoms with Crippen LogP contribution in [-0.4, -0.2) is 18.0 Å². The standard InChI is InChI=1S/C21H18BrN3O2S/c1-15-23-20-13-18(24-28(26,27)19-10-7-17(22)8-11-19)9-12-21(20)25(15)14-16-5-3-2-4-6-16/h2-13,24H,14H2,1H3. The number of aryl methyl sites for hydroxylation is 1. The fourth-order valence-electron chi connectivity index (χ4n) is 3.11. The van der Waals surface area contributed by atoms with E-state index in [0.717, 1.165) is 21.3 Å². The molecule has 4 rings (SSSR count). The van der Waals surface area contributed by atoms with Crippen LogP contribution in [0.4, 0.5) is 5.69 Å². The Kier molecular flexibility index (Phi) is 4.95. The number of benzene rings is 3. The second-order valence-corrected chi connectivity index (χ2v) is 9.09. The Bertz CT molecular complexity index is 1230. The van der Waals surface area contributed by atoms with E-state index in [0.29, 0.717) is 12.2 Å². The molecule has 7 heteroatoms. The van der Waals surface area contributed by atoms with Gasteiger partial charge in [-0.15, -0.1) is 0 Å². The summed E-state index contributed by atoms with van der Waals surface area (Å²) < 4.78 is 30.8. The molecule has 5 nitrogen and oxygen atoms in total. The molecule has 1 N–H and O–H groups in total. The van der Waals surface area contributed by atoms with Gasteiger partial charge >= 0.3 is 0 Å². The molecule has 1 heterocycles. The Morgan fingerprint density at radius 3 is 2.43 bits per heavy atom. The normalized spacial score (nSPS) is 11.6. The molecular formula is C21H18BrN3O2S. The Morgan fingerprint density at radius 2 is 1.71 bits per heavy atom. The molecular weight excluding hydrogens is 438 g/mol. The van der Waals surface area contributed by atoms with Crippen molar-refractivity contribution in [1.29, 1.82) is 0 Å². The molecule has 28 heavy (non-hydrogen) atoms. The van der Waals surface area contributed by atoms with Gasteiger partial charge in [0.2, 0.25) is 0 Å². The van der Waals surface area contributed by atoms with Gasteiger partial charge in [0, 0.05) is 11.0 Å². The van der Waals surface area contributed by atoms with Crippen LogP contribution in [0.25, 0.3) is 11.0 Å². The van der Waals surface area contributed by atoms with Crippen molar-refractivity contribution in [2.24, 2.45) is 0 Å². The fraction of sp³-hybridized carbons (Fsp3) is 0.0952. The van der Waals surface area contributed by atoms with Crippen molar-refractivity contribution < 1.29 is 8.42 Å². The van der Waals surface area contributed by atoms with Gasteiger partial charge in [-0.25, -0.2) is 13.4 Å². The third kappa shape index (κ3) is 3.81. The number of nitrogens with zero attached hydrogens (tertiary/aromatic N) is 2. The molecule has 3 aromatic carbocycles. The van der Waals surface area contributed by atoms with E-state index in [1.54, 1.807) is 36.4 Å². The van der Waals surface area contributed by atoms with Crippen LogP contribution in [-0.2, 0) is 16.6 Å². The summed E-state index contributed by atoms with van der Waals surface area (Å²) >= 11 is 3.31. The van der Waals surface area contributed by atoms with Crippen molar-refractivity contribution in [3.8, 4) is 0 Å². The average molecular weight is 456 g/mol. The van der Waals surface area contributed by atoms with Crippen molar-refractivity contribution >= 4 is 42.7 Å². The van der Waals surface area contributed by atoms with Gasteiger partial charge in [-0.05, 0) is 55.0 Å². The number of fused-ring (bicyclic) bond motifs is 1. The molecule has 0 aliphatic carbocycles. The molecule has 0 unspecified atom stereocenters. The van der Waals surface area contributed by atoms with E-state index in [4.69, 9.17) is 0 Å². The first-order valence-electron chi connectivity index (χ1n) is 8.71. The maximum atomic E-state index is 12.6. The number of aromatic nitrogens is 2. The fourth-order valence-corrected chi connectivity index (χ4v) is 4.42. The molecule has 0 amide bonds. The van der Waals surface area contributed by atoms with Crippen LogP contribution < -0.4 is 4.72 Å². The third-order valence-corrected chi connectivity index (χ3v) is 6.42. The summed E-state index contributed by atoms with van der Waals surface area (Å²) in [4.78, 5) is 4.82. The van der Waals surface area contributed by atoms with Gasteiger partial charge < -0.3 is 4.57 Å². The van der Waals surface area contributed by atoms with E-state index in [-0.39, 0.29) is 4.90 Å². The number of hydrogen-bond donors (Lipinski definition) is 1. The van der Waals surface area contributed by atoms with Crippen LogP contribution in [0.3, 0.4) is 0 Å². The summed E-state index contributed by atoms with van der Waals surface area (Å²) in [5, 5.41) is 0. The molecule has 0 saturated heterocycles. The van der Waals surface area contributed by atoms with E-state index in [1.165, 1.54) is 5.56 Å². The number of rotatable bonds is 5. The lowest BCUT2D eigenvalue weighted by molar-refractivity contribution is 0.601. The van der Waals surface area contributed by atoms with E-state index in [9.17, 15) is 8.42 Å². The number of imidazole rings is 1. The zero-order valence-electron chi connectivity index (χ0n) is 15.1. The topological polar surface area (TPSA) is 64.0 Å². The summed E-state index contributed by atoms with van der Waals surface area (Å²) in [6.45, 7) is 2.67. The lowest BCUT2D eigenvalue weighted by Gasteiger charge is -2.09. The van der Waals surface area contributed by atoms with Crippen molar-refractivity contribution in [2.75, 3.05) is 4.72 Å².